The van der Waals surface area contributed by atoms with Crippen molar-refractivity contribution in [3.8, 4) is 11.8 Å². The van der Waals surface area contributed by atoms with Gasteiger partial charge in [0.1, 0.15) is 23.7 Å². The first-order chi connectivity index (χ1) is 26.0. The third kappa shape index (κ3) is 12.5. The number of carboxylic acids is 1. The highest BCUT2D eigenvalue weighted by Crippen LogP contribution is 2.21. The van der Waals surface area contributed by atoms with Crippen LogP contribution in [0.3, 0.4) is 0 Å². The predicted molar refractivity (Wildman–Crippen MR) is 205 cm³/mol. The molecule has 286 valence electrons. The zero-order chi connectivity index (χ0) is 38.9. The van der Waals surface area contributed by atoms with Gasteiger partial charge in [-0.3, -0.25) is 24.0 Å². The molecule has 1 aliphatic heterocycles. The van der Waals surface area contributed by atoms with E-state index in [4.69, 9.17) is 17.2 Å². The minimum absolute atomic E-state index is 0.0643. The van der Waals surface area contributed by atoms with Gasteiger partial charge in [-0.15, -0.1) is 0 Å². The normalized spacial score (nSPS) is 15.6. The Hall–Kier alpha value is -5.55. The summed E-state index contributed by atoms with van der Waals surface area (Å²) in [5, 5.41) is 18.0. The van der Waals surface area contributed by atoms with Crippen LogP contribution in [0.2, 0.25) is 0 Å². The van der Waals surface area contributed by atoms with Crippen LogP contribution in [0.1, 0.15) is 55.2 Å². The largest absolute Gasteiger partial charge is 0.480 e. The average molecular weight is 738 g/mol. The van der Waals surface area contributed by atoms with Crippen molar-refractivity contribution in [3.05, 3.63) is 108 Å². The van der Waals surface area contributed by atoms with Crippen LogP contribution in [0.5, 0.6) is 0 Å². The molecule has 0 saturated carbocycles. The first kappa shape index (κ1) is 41.2. The highest BCUT2D eigenvalue weighted by Gasteiger charge is 2.40. The van der Waals surface area contributed by atoms with Crippen LogP contribution >= 0.6 is 0 Å². The summed E-state index contributed by atoms with van der Waals surface area (Å²) in [5.74, 6) is 2.69. The second-order valence-corrected chi connectivity index (χ2v) is 13.6. The molecular formula is C41H51N7O6. The summed E-state index contributed by atoms with van der Waals surface area (Å²) in [7, 11) is 0. The maximum Gasteiger partial charge on any atom is 0.323 e. The van der Waals surface area contributed by atoms with Crippen molar-refractivity contribution in [2.24, 2.45) is 17.2 Å². The minimum atomic E-state index is -1.43. The van der Waals surface area contributed by atoms with Crippen molar-refractivity contribution in [2.75, 3.05) is 19.6 Å². The quantitative estimate of drug-likeness (QED) is 0.0781. The molecule has 1 fully saturated rings. The van der Waals surface area contributed by atoms with Gasteiger partial charge in [0.05, 0.1) is 6.04 Å². The fourth-order valence-corrected chi connectivity index (χ4v) is 6.14. The van der Waals surface area contributed by atoms with Crippen molar-refractivity contribution in [1.82, 2.24) is 20.9 Å². The highest BCUT2D eigenvalue weighted by molar-refractivity contribution is 5.95. The molecule has 54 heavy (non-hydrogen) atoms. The van der Waals surface area contributed by atoms with Gasteiger partial charge in [0, 0.05) is 31.5 Å². The number of rotatable bonds is 17. The lowest BCUT2D eigenvalue weighted by molar-refractivity contribution is -0.148. The van der Waals surface area contributed by atoms with E-state index in [9.17, 15) is 29.1 Å². The summed E-state index contributed by atoms with van der Waals surface area (Å²) in [6.07, 6.45) is 1.82. The molecule has 3 aromatic carbocycles. The number of hydrogen-bond donors (Lipinski definition) is 7. The molecule has 13 nitrogen and oxygen atoms in total. The number of benzene rings is 3. The Morgan fingerprint density at radius 1 is 0.722 bits per heavy atom. The molecular weight excluding hydrogens is 686 g/mol. The molecule has 4 atom stereocenters. The third-order valence-electron chi connectivity index (χ3n) is 9.45. The summed E-state index contributed by atoms with van der Waals surface area (Å²) >= 11 is 0. The number of nitrogens with two attached hydrogens (primary N) is 3. The van der Waals surface area contributed by atoms with E-state index in [0.29, 0.717) is 24.9 Å². The molecule has 0 bridgehead atoms. The fraction of sp³-hybridized carbons (Fsp3) is 0.390. The number of aliphatic carboxylic acids is 1. The molecule has 0 spiro atoms. The maximum absolute atomic E-state index is 14.1. The number of piperidine rings is 1. The summed E-state index contributed by atoms with van der Waals surface area (Å²) in [4.78, 5) is 68.5. The van der Waals surface area contributed by atoms with Gasteiger partial charge in [-0.1, -0.05) is 90.7 Å². The Balaban J connectivity index is 1.56. The van der Waals surface area contributed by atoms with Crippen molar-refractivity contribution in [1.29, 1.82) is 0 Å². The SMILES string of the molecule is NCCCCC(NC(=O)C(CC#Cc1ccccc1)NC(=O)C(Cc1ccccc1)NC(=O)C(N)Cc1ccccc1)C(=O)N1CCC(N)(C(=O)O)CC1. The topological polar surface area (TPSA) is 223 Å². The molecule has 0 aliphatic carbocycles. The van der Waals surface area contributed by atoms with Crippen molar-refractivity contribution in [3.63, 3.8) is 0 Å². The van der Waals surface area contributed by atoms with E-state index in [1.165, 1.54) is 4.90 Å². The lowest BCUT2D eigenvalue weighted by Crippen LogP contribution is -2.60. The molecule has 1 aliphatic rings. The fourth-order valence-electron chi connectivity index (χ4n) is 6.14. The number of unbranched alkanes of at least 4 members (excludes halogenated alkanes) is 1. The number of hydrogen-bond acceptors (Lipinski definition) is 8. The van der Waals surface area contributed by atoms with Crippen LogP contribution in [0, 0.1) is 11.8 Å². The Morgan fingerprint density at radius 3 is 1.81 bits per heavy atom. The summed E-state index contributed by atoms with van der Waals surface area (Å²) in [5.41, 5.74) is 19.0. The van der Waals surface area contributed by atoms with Gasteiger partial charge in [-0.05, 0) is 68.3 Å². The molecule has 0 aromatic heterocycles. The number of carbonyl (C=O) groups excluding carboxylic acids is 4. The standard InChI is InChI=1S/C41H51N7O6/c42-24-11-10-20-34(39(52)48-25-22-41(44,23-26-48)40(53)54)46-37(50)33(21-12-19-29-13-4-1-5-14-29)45-38(51)35(28-31-17-8-3-9-18-31)47-36(49)32(43)27-30-15-6-2-7-16-30/h1-9,13-18,32-35H,10-11,20-28,42-44H2,(H,45,51)(H,46,50)(H,47,49)(H,53,54). The Labute approximate surface area is 316 Å². The van der Waals surface area contributed by atoms with E-state index >= 15 is 0 Å². The molecule has 10 N–H and O–H groups in total. The third-order valence-corrected chi connectivity index (χ3v) is 9.45. The van der Waals surface area contributed by atoms with E-state index in [0.717, 1.165) is 11.1 Å². The number of nitrogens with zero attached hydrogens (tertiary/aromatic N) is 1. The van der Waals surface area contributed by atoms with Gasteiger partial charge in [0.25, 0.3) is 0 Å². The van der Waals surface area contributed by atoms with Crippen LogP contribution < -0.4 is 33.2 Å². The van der Waals surface area contributed by atoms with Crippen LogP contribution in [-0.2, 0) is 36.8 Å². The predicted octanol–water partition coefficient (Wildman–Crippen LogP) is 1.23. The lowest BCUT2D eigenvalue weighted by atomic mass is 9.88. The number of amides is 4. The molecule has 4 unspecified atom stereocenters. The Bertz CT molecular complexity index is 1760. The van der Waals surface area contributed by atoms with Crippen molar-refractivity contribution >= 4 is 29.6 Å². The maximum atomic E-state index is 14.1. The Morgan fingerprint density at radius 2 is 1.24 bits per heavy atom. The van der Waals surface area contributed by atoms with E-state index < -0.39 is 53.4 Å². The summed E-state index contributed by atoms with van der Waals surface area (Å²) < 4.78 is 0. The van der Waals surface area contributed by atoms with E-state index in [2.05, 4.69) is 27.8 Å². The van der Waals surface area contributed by atoms with Gasteiger partial charge >= 0.3 is 5.97 Å². The van der Waals surface area contributed by atoms with E-state index in [-0.39, 0.29) is 57.5 Å². The second kappa shape index (κ2) is 20.6. The number of nitrogens with one attached hydrogen (secondary N) is 3. The second-order valence-electron chi connectivity index (χ2n) is 13.6. The van der Waals surface area contributed by atoms with Crippen molar-refractivity contribution in [2.45, 2.75) is 81.1 Å². The molecule has 1 heterocycles. The van der Waals surface area contributed by atoms with E-state index in [1.807, 2.05) is 91.0 Å². The summed E-state index contributed by atoms with van der Waals surface area (Å²) in [6.45, 7) is 0.617. The van der Waals surface area contributed by atoms with Gasteiger partial charge in [-0.25, -0.2) is 0 Å². The van der Waals surface area contributed by atoms with Gasteiger partial charge in [0.15, 0.2) is 0 Å². The first-order valence-corrected chi connectivity index (χ1v) is 18.3. The van der Waals surface area contributed by atoms with Crippen LogP contribution in [0.4, 0.5) is 0 Å². The van der Waals surface area contributed by atoms with Gasteiger partial charge < -0.3 is 43.2 Å². The molecule has 3 aromatic rings. The molecule has 0 radical (unpaired) electrons. The van der Waals surface area contributed by atoms with Crippen LogP contribution in [0.15, 0.2) is 91.0 Å². The number of carboxylic acid groups (broad SMARTS) is 1. The van der Waals surface area contributed by atoms with Gasteiger partial charge in [0.2, 0.25) is 23.6 Å². The Kier molecular flexibility index (Phi) is 15.7. The highest BCUT2D eigenvalue weighted by atomic mass is 16.4. The number of carbonyl (C=O) groups is 5. The zero-order valence-corrected chi connectivity index (χ0v) is 30.4. The van der Waals surface area contributed by atoms with Crippen molar-refractivity contribution < 1.29 is 29.1 Å². The molecule has 4 amide bonds. The van der Waals surface area contributed by atoms with Crippen LogP contribution in [-0.4, -0.2) is 88.9 Å². The smallest absolute Gasteiger partial charge is 0.323 e. The van der Waals surface area contributed by atoms with E-state index in [1.54, 1.807) is 0 Å². The molecule has 4 rings (SSSR count). The monoisotopic (exact) mass is 737 g/mol. The lowest BCUT2D eigenvalue weighted by Gasteiger charge is -2.38. The van der Waals surface area contributed by atoms with Crippen LogP contribution in [0.25, 0.3) is 0 Å². The molecule has 1 saturated heterocycles. The van der Waals surface area contributed by atoms with Gasteiger partial charge in [-0.2, -0.15) is 0 Å². The number of likely N-dealkylation sites (tertiary alicyclic amines) is 1. The zero-order valence-electron chi connectivity index (χ0n) is 30.4. The average Bonchev–Trinajstić information content (AvgIpc) is 3.18. The first-order valence-electron chi connectivity index (χ1n) is 18.3. The molecule has 13 heteroatoms. The summed E-state index contributed by atoms with van der Waals surface area (Å²) in [6, 6.07) is 23.4. The minimum Gasteiger partial charge on any atom is -0.480 e.